The van der Waals surface area contributed by atoms with Gasteiger partial charge in [-0.3, -0.25) is 10.1 Å². The smallest absolute Gasteiger partial charge is 0.356 e. The largest absolute Gasteiger partial charge is 0.470 e. The zero-order valence-corrected chi connectivity index (χ0v) is 19.2. The Morgan fingerprint density at radius 1 is 1.25 bits per heavy atom. The Balaban J connectivity index is 0.00000392. The van der Waals surface area contributed by atoms with E-state index in [2.05, 4.69) is 10.4 Å². The van der Waals surface area contributed by atoms with E-state index in [9.17, 15) is 10.1 Å². The topological polar surface area (TPSA) is 82.2 Å². The maximum absolute atomic E-state index is 11.6. The number of aromatic nitrogens is 2. The molecule has 0 unspecified atom stereocenters. The summed E-state index contributed by atoms with van der Waals surface area (Å²) in [4.78, 5) is 9.66. The minimum Gasteiger partial charge on any atom is -0.470 e. The monoisotopic (exact) mass is 510 g/mol. The molecule has 1 N–H and O–H groups in total. The van der Waals surface area contributed by atoms with E-state index in [0.717, 1.165) is 4.68 Å². The number of nitrogens with zero attached hydrogens (tertiary/aromatic N) is 3. The summed E-state index contributed by atoms with van der Waals surface area (Å²) in [6.45, 7) is 4.54. The van der Waals surface area contributed by atoms with Crippen molar-refractivity contribution in [3.8, 4) is 11.6 Å². The van der Waals surface area contributed by atoms with Crippen LogP contribution >= 0.6 is 70.4 Å². The van der Waals surface area contributed by atoms with Crippen LogP contribution in [0.5, 0.6) is 5.88 Å². The first-order chi connectivity index (χ1) is 12.6. The molecule has 0 atom stereocenters. The van der Waals surface area contributed by atoms with Crippen LogP contribution < -0.4 is 10.1 Å². The van der Waals surface area contributed by atoms with Gasteiger partial charge >= 0.3 is 11.6 Å². The number of benzene rings is 1. The number of nitro groups is 1. The molecule has 0 aliphatic rings. The molecule has 13 heteroatoms. The quantitative estimate of drug-likeness (QED) is 0.202. The first-order valence-corrected chi connectivity index (χ1v) is 9.70. The molecule has 0 aliphatic carbocycles. The van der Waals surface area contributed by atoms with Crippen LogP contribution in [0.25, 0.3) is 5.69 Å². The fourth-order valence-electron chi connectivity index (χ4n) is 2.27. The SMILES string of the molecule is CC(C)NCCOc1nn(-c2c(Cl)cc(Cl)cc2Cl)c(C(Cl)Cl)c1[N+](=O)[O-].Cl. The second kappa shape index (κ2) is 10.9. The minimum absolute atomic E-state index is 0. The molecule has 0 saturated carbocycles. The lowest BCUT2D eigenvalue weighted by Crippen LogP contribution is -2.27. The third kappa shape index (κ3) is 5.92. The maximum Gasteiger partial charge on any atom is 0.356 e. The van der Waals surface area contributed by atoms with Crippen LogP contribution in [0, 0.1) is 10.1 Å². The molecule has 0 amide bonds. The van der Waals surface area contributed by atoms with Crippen molar-refractivity contribution in [3.05, 3.63) is 43.0 Å². The highest BCUT2D eigenvalue weighted by Gasteiger charge is 2.35. The Morgan fingerprint density at radius 3 is 2.29 bits per heavy atom. The van der Waals surface area contributed by atoms with Crippen molar-refractivity contribution in [1.82, 2.24) is 15.1 Å². The van der Waals surface area contributed by atoms with Gasteiger partial charge in [-0.05, 0) is 12.1 Å². The summed E-state index contributed by atoms with van der Waals surface area (Å²) in [5, 5.41) is 19.4. The van der Waals surface area contributed by atoms with E-state index >= 15 is 0 Å². The van der Waals surface area contributed by atoms with Crippen molar-refractivity contribution in [2.45, 2.75) is 24.7 Å². The summed E-state index contributed by atoms with van der Waals surface area (Å²) >= 11 is 30.3. The van der Waals surface area contributed by atoms with Crippen molar-refractivity contribution < 1.29 is 9.66 Å². The minimum atomic E-state index is -1.29. The Labute approximate surface area is 192 Å². The van der Waals surface area contributed by atoms with Gasteiger partial charge < -0.3 is 10.1 Å². The van der Waals surface area contributed by atoms with Crippen LogP contribution in [0.2, 0.25) is 15.1 Å². The Hall–Kier alpha value is -0.670. The lowest BCUT2D eigenvalue weighted by molar-refractivity contribution is -0.386. The third-order valence-electron chi connectivity index (χ3n) is 3.34. The molecule has 0 radical (unpaired) electrons. The summed E-state index contributed by atoms with van der Waals surface area (Å²) in [5.74, 6) is -0.242. The number of alkyl halides is 2. The first kappa shape index (κ1) is 25.4. The summed E-state index contributed by atoms with van der Waals surface area (Å²) in [5.41, 5.74) is -0.430. The van der Waals surface area contributed by atoms with E-state index in [0.29, 0.717) is 11.6 Å². The summed E-state index contributed by atoms with van der Waals surface area (Å²) in [6.07, 6.45) is 0. The van der Waals surface area contributed by atoms with Gasteiger partial charge in [-0.15, -0.1) is 17.5 Å². The van der Waals surface area contributed by atoms with Crippen LogP contribution in [-0.4, -0.2) is 33.9 Å². The zero-order chi connectivity index (χ0) is 20.3. The molecule has 1 aromatic heterocycles. The van der Waals surface area contributed by atoms with Gasteiger partial charge in [0, 0.05) is 17.6 Å². The Kier molecular flexibility index (Phi) is 9.89. The van der Waals surface area contributed by atoms with E-state index in [1.54, 1.807) is 0 Å². The van der Waals surface area contributed by atoms with Gasteiger partial charge in [-0.1, -0.05) is 71.9 Å². The lowest BCUT2D eigenvalue weighted by Gasteiger charge is -2.11. The van der Waals surface area contributed by atoms with Crippen LogP contribution in [-0.2, 0) is 0 Å². The summed E-state index contributed by atoms with van der Waals surface area (Å²) in [6, 6.07) is 3.08. The van der Waals surface area contributed by atoms with Gasteiger partial charge in [0.05, 0.1) is 15.0 Å². The number of ether oxygens (including phenoxy) is 1. The second-order valence-corrected chi connectivity index (χ2v) is 8.03. The second-order valence-electron chi connectivity index (χ2n) is 5.68. The van der Waals surface area contributed by atoms with E-state index in [-0.39, 0.29) is 52.4 Å². The van der Waals surface area contributed by atoms with Crippen molar-refractivity contribution in [2.24, 2.45) is 0 Å². The van der Waals surface area contributed by atoms with E-state index in [1.165, 1.54) is 12.1 Å². The van der Waals surface area contributed by atoms with Gasteiger partial charge in [0.25, 0.3) is 0 Å². The van der Waals surface area contributed by atoms with Crippen molar-refractivity contribution in [3.63, 3.8) is 0 Å². The predicted octanol–water partition coefficient (Wildman–Crippen LogP) is 6.02. The standard InChI is InChI=1S/C15H15Cl5N4O3.ClH/c1-7(2)21-3-4-27-15-13(24(25)26)12(14(19)20)23(22-15)11-9(17)5-8(16)6-10(11)18;/h5-7,14,21H,3-4H2,1-2H3;1H. The molecular weight excluding hydrogens is 497 g/mol. The normalized spacial score (nSPS) is 11.0. The Bertz CT molecular complexity index is 820. The third-order valence-corrected chi connectivity index (χ3v) is 4.55. The highest BCUT2D eigenvalue weighted by atomic mass is 35.5. The molecule has 1 aromatic carbocycles. The molecule has 2 aromatic rings. The summed E-state index contributed by atoms with van der Waals surface area (Å²) in [7, 11) is 0. The van der Waals surface area contributed by atoms with Gasteiger partial charge in [0.15, 0.2) is 10.5 Å². The van der Waals surface area contributed by atoms with Crippen LogP contribution in [0.15, 0.2) is 12.1 Å². The van der Waals surface area contributed by atoms with E-state index in [1.807, 2.05) is 13.8 Å². The average molecular weight is 513 g/mol. The number of rotatable bonds is 8. The highest BCUT2D eigenvalue weighted by Crippen LogP contribution is 2.43. The molecule has 0 fully saturated rings. The number of halogens is 6. The highest BCUT2D eigenvalue weighted by molar-refractivity contribution is 6.44. The molecule has 1 heterocycles. The number of nitrogens with one attached hydrogen (secondary N) is 1. The molecule has 28 heavy (non-hydrogen) atoms. The van der Waals surface area contributed by atoms with Crippen molar-refractivity contribution in [2.75, 3.05) is 13.2 Å². The fourth-order valence-corrected chi connectivity index (χ4v) is 3.64. The van der Waals surface area contributed by atoms with Gasteiger partial charge in [0.1, 0.15) is 12.3 Å². The van der Waals surface area contributed by atoms with Crippen molar-refractivity contribution >= 4 is 76.1 Å². The van der Waals surface area contributed by atoms with Gasteiger partial charge in [0.2, 0.25) is 0 Å². The van der Waals surface area contributed by atoms with Crippen LogP contribution in [0.4, 0.5) is 5.69 Å². The van der Waals surface area contributed by atoms with E-state index < -0.39 is 15.4 Å². The molecular formula is C15H16Cl6N4O3. The maximum atomic E-state index is 11.6. The number of hydrogen-bond donors (Lipinski definition) is 1. The molecule has 2 rings (SSSR count). The van der Waals surface area contributed by atoms with Crippen LogP contribution in [0.1, 0.15) is 24.4 Å². The van der Waals surface area contributed by atoms with Gasteiger partial charge in [-0.2, -0.15) is 0 Å². The predicted molar refractivity (Wildman–Crippen MR) is 116 cm³/mol. The average Bonchev–Trinajstić information content (AvgIpc) is 2.90. The van der Waals surface area contributed by atoms with Gasteiger partial charge in [-0.25, -0.2) is 4.68 Å². The molecule has 0 bridgehead atoms. The van der Waals surface area contributed by atoms with Crippen molar-refractivity contribution in [1.29, 1.82) is 0 Å². The first-order valence-electron chi connectivity index (χ1n) is 7.70. The molecule has 0 spiro atoms. The zero-order valence-electron chi connectivity index (χ0n) is 14.6. The fraction of sp³-hybridized carbons (Fsp3) is 0.400. The van der Waals surface area contributed by atoms with E-state index in [4.69, 9.17) is 62.7 Å². The van der Waals surface area contributed by atoms with Crippen LogP contribution in [0.3, 0.4) is 0 Å². The molecule has 0 saturated heterocycles. The molecule has 0 aliphatic heterocycles. The number of hydrogen-bond acceptors (Lipinski definition) is 5. The molecule has 7 nitrogen and oxygen atoms in total. The summed E-state index contributed by atoms with van der Waals surface area (Å²) < 4.78 is 6.59. The molecule has 156 valence electrons. The lowest BCUT2D eigenvalue weighted by atomic mass is 10.3. The Morgan fingerprint density at radius 2 is 1.82 bits per heavy atom.